The lowest BCUT2D eigenvalue weighted by molar-refractivity contribution is -0.131. The SMILES string of the molecule is O=C(Cc1ccccc1O)N1CC[C@H]2CNC[C@H]21. The smallest absolute Gasteiger partial charge is 0.227 e. The normalized spacial score (nSPS) is 26.3. The van der Waals surface area contributed by atoms with Crippen molar-refractivity contribution in [3.8, 4) is 5.75 Å². The molecule has 0 bridgehead atoms. The van der Waals surface area contributed by atoms with E-state index in [1.807, 2.05) is 17.0 Å². The highest BCUT2D eigenvalue weighted by atomic mass is 16.3. The van der Waals surface area contributed by atoms with Gasteiger partial charge >= 0.3 is 0 Å². The number of carbonyl (C=O) groups is 1. The van der Waals surface area contributed by atoms with Crippen molar-refractivity contribution in [1.82, 2.24) is 10.2 Å². The Morgan fingerprint density at radius 2 is 2.22 bits per heavy atom. The fourth-order valence-electron chi connectivity index (χ4n) is 3.08. The van der Waals surface area contributed by atoms with Crippen LogP contribution in [0.2, 0.25) is 0 Å². The van der Waals surface area contributed by atoms with E-state index in [2.05, 4.69) is 5.32 Å². The summed E-state index contributed by atoms with van der Waals surface area (Å²) < 4.78 is 0. The lowest BCUT2D eigenvalue weighted by atomic mass is 10.0. The number of hydrogen-bond donors (Lipinski definition) is 2. The monoisotopic (exact) mass is 246 g/mol. The highest BCUT2D eigenvalue weighted by Crippen LogP contribution is 2.28. The van der Waals surface area contributed by atoms with Gasteiger partial charge < -0.3 is 15.3 Å². The van der Waals surface area contributed by atoms with Crippen LogP contribution in [0.15, 0.2) is 24.3 Å². The van der Waals surface area contributed by atoms with Gasteiger partial charge in [0.25, 0.3) is 0 Å². The second-order valence-electron chi connectivity index (χ2n) is 5.17. The fourth-order valence-corrected chi connectivity index (χ4v) is 3.08. The molecule has 96 valence electrons. The van der Waals surface area contributed by atoms with Crippen LogP contribution >= 0.6 is 0 Å². The van der Waals surface area contributed by atoms with Gasteiger partial charge in [0.2, 0.25) is 5.91 Å². The Balaban J connectivity index is 1.70. The van der Waals surface area contributed by atoms with Gasteiger partial charge in [0.05, 0.1) is 6.42 Å². The van der Waals surface area contributed by atoms with E-state index in [1.54, 1.807) is 12.1 Å². The lowest BCUT2D eigenvalue weighted by Crippen LogP contribution is -2.39. The molecule has 4 nitrogen and oxygen atoms in total. The van der Waals surface area contributed by atoms with Crippen molar-refractivity contribution in [2.75, 3.05) is 19.6 Å². The zero-order valence-corrected chi connectivity index (χ0v) is 10.3. The van der Waals surface area contributed by atoms with Crippen LogP contribution in [-0.2, 0) is 11.2 Å². The molecule has 2 aliphatic heterocycles. The van der Waals surface area contributed by atoms with Gasteiger partial charge in [-0.25, -0.2) is 0 Å². The first kappa shape index (κ1) is 11.5. The van der Waals surface area contributed by atoms with Gasteiger partial charge in [-0.15, -0.1) is 0 Å². The van der Waals surface area contributed by atoms with Crippen molar-refractivity contribution in [2.45, 2.75) is 18.9 Å². The molecule has 0 saturated carbocycles. The first-order valence-corrected chi connectivity index (χ1v) is 6.53. The van der Waals surface area contributed by atoms with Crippen molar-refractivity contribution in [3.05, 3.63) is 29.8 Å². The summed E-state index contributed by atoms with van der Waals surface area (Å²) in [4.78, 5) is 14.3. The maximum Gasteiger partial charge on any atom is 0.227 e. The Labute approximate surface area is 107 Å². The molecule has 0 unspecified atom stereocenters. The topological polar surface area (TPSA) is 52.6 Å². The molecule has 1 aromatic rings. The summed E-state index contributed by atoms with van der Waals surface area (Å²) in [6.45, 7) is 2.81. The van der Waals surface area contributed by atoms with Crippen LogP contribution in [-0.4, -0.2) is 41.6 Å². The summed E-state index contributed by atoms with van der Waals surface area (Å²) in [5, 5.41) is 13.0. The number of nitrogens with one attached hydrogen (secondary N) is 1. The summed E-state index contributed by atoms with van der Waals surface area (Å²) in [6, 6.07) is 7.44. The zero-order valence-electron chi connectivity index (χ0n) is 10.3. The molecule has 0 spiro atoms. The first-order valence-electron chi connectivity index (χ1n) is 6.53. The number of hydrogen-bond acceptors (Lipinski definition) is 3. The summed E-state index contributed by atoms with van der Waals surface area (Å²) in [7, 11) is 0. The summed E-state index contributed by atoms with van der Waals surface area (Å²) >= 11 is 0. The second kappa shape index (κ2) is 4.61. The Bertz CT molecular complexity index is 461. The van der Waals surface area contributed by atoms with E-state index in [4.69, 9.17) is 0 Å². The number of para-hydroxylation sites is 1. The van der Waals surface area contributed by atoms with Gasteiger partial charge in [0, 0.05) is 31.2 Å². The van der Waals surface area contributed by atoms with Crippen molar-refractivity contribution < 1.29 is 9.90 Å². The third-order valence-corrected chi connectivity index (χ3v) is 4.10. The van der Waals surface area contributed by atoms with Gasteiger partial charge in [-0.3, -0.25) is 4.79 Å². The van der Waals surface area contributed by atoms with E-state index in [9.17, 15) is 9.90 Å². The number of nitrogens with zero attached hydrogens (tertiary/aromatic N) is 1. The molecule has 4 heteroatoms. The van der Waals surface area contributed by atoms with E-state index in [-0.39, 0.29) is 11.7 Å². The van der Waals surface area contributed by atoms with Crippen molar-refractivity contribution >= 4 is 5.91 Å². The van der Waals surface area contributed by atoms with Crippen molar-refractivity contribution in [2.24, 2.45) is 5.92 Å². The molecule has 2 heterocycles. The van der Waals surface area contributed by atoms with Crippen LogP contribution in [0.25, 0.3) is 0 Å². The number of carbonyl (C=O) groups excluding carboxylic acids is 1. The number of likely N-dealkylation sites (tertiary alicyclic amines) is 1. The molecular weight excluding hydrogens is 228 g/mol. The predicted octanol–water partition coefficient (Wildman–Crippen LogP) is 0.755. The molecule has 1 aromatic carbocycles. The van der Waals surface area contributed by atoms with Gasteiger partial charge in [-0.2, -0.15) is 0 Å². The van der Waals surface area contributed by atoms with Crippen molar-refractivity contribution in [3.63, 3.8) is 0 Å². The number of phenolic OH excluding ortho intramolecular Hbond substituents is 1. The Morgan fingerprint density at radius 1 is 1.39 bits per heavy atom. The third-order valence-electron chi connectivity index (χ3n) is 4.10. The summed E-state index contributed by atoms with van der Waals surface area (Å²) in [6.07, 6.45) is 1.40. The van der Waals surface area contributed by atoms with Crippen molar-refractivity contribution in [1.29, 1.82) is 0 Å². The van der Waals surface area contributed by atoms with Gasteiger partial charge in [-0.1, -0.05) is 18.2 Å². The largest absolute Gasteiger partial charge is 0.508 e. The Morgan fingerprint density at radius 3 is 3.06 bits per heavy atom. The molecule has 0 radical (unpaired) electrons. The molecule has 0 aliphatic carbocycles. The maximum atomic E-state index is 12.3. The number of benzene rings is 1. The highest BCUT2D eigenvalue weighted by molar-refractivity contribution is 5.80. The maximum absolute atomic E-state index is 12.3. The third kappa shape index (κ3) is 1.97. The summed E-state index contributed by atoms with van der Waals surface area (Å²) in [5.41, 5.74) is 0.719. The molecule has 3 rings (SSSR count). The number of phenols is 1. The fraction of sp³-hybridized carbons (Fsp3) is 0.500. The minimum absolute atomic E-state index is 0.132. The lowest BCUT2D eigenvalue weighted by Gasteiger charge is -2.23. The average Bonchev–Trinajstić information content (AvgIpc) is 2.93. The molecule has 2 atom stereocenters. The highest BCUT2D eigenvalue weighted by Gasteiger charge is 2.39. The number of fused-ring (bicyclic) bond motifs is 1. The van der Waals surface area contributed by atoms with Crippen LogP contribution < -0.4 is 5.32 Å². The summed E-state index contributed by atoms with van der Waals surface area (Å²) in [5.74, 6) is 0.970. The molecule has 18 heavy (non-hydrogen) atoms. The van der Waals surface area contributed by atoms with Gasteiger partial charge in [0.1, 0.15) is 5.75 Å². The molecule has 1 amide bonds. The van der Waals surface area contributed by atoms with Crippen LogP contribution in [0, 0.1) is 5.92 Å². The van der Waals surface area contributed by atoms with Crippen LogP contribution in [0.5, 0.6) is 5.75 Å². The van der Waals surface area contributed by atoms with E-state index in [1.165, 1.54) is 0 Å². The molecule has 2 saturated heterocycles. The quantitative estimate of drug-likeness (QED) is 0.810. The Hall–Kier alpha value is -1.55. The van der Waals surface area contributed by atoms with E-state index < -0.39 is 0 Å². The number of amides is 1. The van der Waals surface area contributed by atoms with E-state index >= 15 is 0 Å². The van der Waals surface area contributed by atoms with E-state index in [0.717, 1.165) is 31.6 Å². The van der Waals surface area contributed by atoms with E-state index in [0.29, 0.717) is 18.4 Å². The molecule has 2 N–H and O–H groups in total. The first-order chi connectivity index (χ1) is 8.75. The molecular formula is C14H18N2O2. The predicted molar refractivity (Wildman–Crippen MR) is 68.3 cm³/mol. The standard InChI is InChI=1S/C14H18N2O2/c17-13-4-2-1-3-10(13)7-14(18)16-6-5-11-8-15-9-12(11)16/h1-4,11-12,15,17H,5-9H2/t11-,12+/m0/s1. The van der Waals surface area contributed by atoms with Gasteiger partial charge in [0.15, 0.2) is 0 Å². The number of rotatable bonds is 2. The molecule has 2 fully saturated rings. The van der Waals surface area contributed by atoms with Gasteiger partial charge in [-0.05, 0) is 18.4 Å². The minimum atomic E-state index is 0.132. The second-order valence-corrected chi connectivity index (χ2v) is 5.17. The minimum Gasteiger partial charge on any atom is -0.508 e. The zero-order chi connectivity index (χ0) is 12.5. The molecule has 2 aliphatic rings. The average molecular weight is 246 g/mol. The molecule has 0 aromatic heterocycles. The van der Waals surface area contributed by atoms with Crippen LogP contribution in [0.1, 0.15) is 12.0 Å². The van der Waals surface area contributed by atoms with Crippen LogP contribution in [0.4, 0.5) is 0 Å². The Kier molecular flexibility index (Phi) is 2.96. The van der Waals surface area contributed by atoms with Crippen LogP contribution in [0.3, 0.4) is 0 Å². The number of aromatic hydroxyl groups is 1.